The minimum atomic E-state index is -9.54. The van der Waals surface area contributed by atoms with Crippen LogP contribution in [0, 0.1) is 0 Å². The molecule has 0 aliphatic rings. The van der Waals surface area contributed by atoms with Crippen LogP contribution in [0.5, 0.6) is 0 Å². The van der Waals surface area contributed by atoms with Crippen molar-refractivity contribution in [1.29, 1.82) is 0 Å². The summed E-state index contributed by atoms with van der Waals surface area (Å²) in [5.74, 6) is -72.0. The summed E-state index contributed by atoms with van der Waals surface area (Å²) in [6, 6.07) is 0. The van der Waals surface area contributed by atoms with Gasteiger partial charge in [-0.3, -0.25) is 0 Å². The van der Waals surface area contributed by atoms with E-state index in [1.165, 1.54) is 0 Å². The van der Waals surface area contributed by atoms with Crippen molar-refractivity contribution >= 4 is 20.0 Å². The molecule has 0 bridgehead atoms. The number of hydrogen-bond donors (Lipinski definition) is 0. The molecule has 272 valence electrons. The van der Waals surface area contributed by atoms with Gasteiger partial charge in [0.1, 0.15) is 0 Å². The van der Waals surface area contributed by atoms with Gasteiger partial charge in [0.15, 0.2) is 20.0 Å². The van der Waals surface area contributed by atoms with E-state index >= 15 is 0 Å². The highest BCUT2D eigenvalue weighted by atomic mass is 32.3. The lowest BCUT2D eigenvalue weighted by atomic mass is 9.98. The molecule has 0 saturated carbocycles. The van der Waals surface area contributed by atoms with Crippen LogP contribution in [0.15, 0.2) is 0 Å². The Hall–Kier alpha value is -1.96. The lowest BCUT2D eigenvalue weighted by Gasteiger charge is -2.42. The van der Waals surface area contributed by atoms with Gasteiger partial charge in [0, 0.05) is 0 Å². The SMILES string of the molecule is O=S(=O)([N-]S(=O)(=O)C(F)(F)C(F)(F)C(F)(F)C(F)(F)C(F)(F)C(F)(F)F)C(F)(F)C(F)(F)C(F)(F)C(F)(F)C(F)(F)C(F)(F)F. The highest BCUT2D eigenvalue weighted by molar-refractivity contribution is 8.13. The molecule has 0 aromatic heterocycles. The Kier molecular flexibility index (Phi) is 9.82. The van der Waals surface area contributed by atoms with Gasteiger partial charge in [-0.15, -0.1) is 0 Å². The fraction of sp³-hybridized carbons (Fsp3) is 1.00. The smallest absolute Gasteiger partial charge is 0.425 e. The molecule has 0 heterocycles. The Morgan fingerprint density at radius 2 is 0.422 bits per heavy atom. The van der Waals surface area contributed by atoms with Crippen molar-refractivity contribution in [1.82, 2.24) is 0 Å². The molecule has 0 radical (unpaired) electrons. The summed E-state index contributed by atoms with van der Waals surface area (Å²) < 4.78 is 381. The zero-order valence-electron chi connectivity index (χ0n) is 18.7. The predicted molar refractivity (Wildman–Crippen MR) is 82.8 cm³/mol. The number of hydrogen-bond acceptors (Lipinski definition) is 4. The van der Waals surface area contributed by atoms with Crippen LogP contribution in [0.1, 0.15) is 0 Å². The van der Waals surface area contributed by atoms with E-state index in [1.54, 1.807) is 0 Å². The summed E-state index contributed by atoms with van der Waals surface area (Å²) in [6.45, 7) is 0. The first kappa shape index (κ1) is 43.0. The minimum Gasteiger partial charge on any atom is -0.425 e. The molecule has 0 spiro atoms. The maximum absolute atomic E-state index is 13.7. The molecule has 0 fully saturated rings. The fourth-order valence-corrected chi connectivity index (χ4v) is 4.74. The van der Waals surface area contributed by atoms with E-state index in [4.69, 9.17) is 0 Å². The summed E-state index contributed by atoms with van der Waals surface area (Å²) >= 11 is 0. The molecule has 0 aliphatic carbocycles. The average molecular weight is 780 g/mol. The topological polar surface area (TPSA) is 82.4 Å². The monoisotopic (exact) mass is 780 g/mol. The Balaban J connectivity index is 7.24. The first-order chi connectivity index (χ1) is 18.7. The van der Waals surface area contributed by atoms with E-state index < -0.39 is 94.4 Å². The summed E-state index contributed by atoms with van der Waals surface area (Å²) in [4.78, 5) is 0. The Morgan fingerprint density at radius 1 is 0.267 bits per heavy atom. The summed E-state index contributed by atoms with van der Waals surface area (Å²) in [5, 5.41) is -17.9. The second-order valence-corrected chi connectivity index (χ2v) is 11.2. The van der Waals surface area contributed by atoms with E-state index in [9.17, 15) is 131 Å². The Morgan fingerprint density at radius 3 is 0.578 bits per heavy atom. The molecule has 0 atom stereocenters. The molecule has 45 heavy (non-hydrogen) atoms. The number of sulfonamides is 2. The van der Waals surface area contributed by atoms with Gasteiger partial charge >= 0.3 is 70.2 Å². The number of rotatable bonds is 12. The largest absolute Gasteiger partial charge is 0.460 e. The molecule has 0 N–H and O–H groups in total. The number of nitrogens with zero attached hydrogens (tertiary/aromatic N) is 1. The van der Waals surface area contributed by atoms with E-state index in [2.05, 4.69) is 0 Å². The Bertz CT molecular complexity index is 1240. The average Bonchev–Trinajstić information content (AvgIpc) is 2.75. The maximum Gasteiger partial charge on any atom is 0.460 e. The lowest BCUT2D eigenvalue weighted by Crippen LogP contribution is -2.71. The molecule has 0 aliphatic heterocycles. The van der Waals surface area contributed by atoms with Crippen molar-refractivity contribution in [3.63, 3.8) is 0 Å². The molecule has 0 rings (SSSR count). The van der Waals surface area contributed by atoms with Crippen LogP contribution in [0.3, 0.4) is 0 Å². The summed E-state index contributed by atoms with van der Waals surface area (Å²) in [7, 11) is -19.1. The highest BCUT2D eigenvalue weighted by Gasteiger charge is 2.93. The van der Waals surface area contributed by atoms with Gasteiger partial charge in [0.25, 0.3) is 0 Å². The molecule has 5 nitrogen and oxygen atoms in total. The van der Waals surface area contributed by atoms with Crippen molar-refractivity contribution in [3.05, 3.63) is 4.13 Å². The Labute approximate surface area is 226 Å². The maximum atomic E-state index is 13.7. The van der Waals surface area contributed by atoms with Crippen LogP contribution in [0.2, 0.25) is 0 Å². The van der Waals surface area contributed by atoms with Crippen molar-refractivity contribution in [2.24, 2.45) is 0 Å². The van der Waals surface area contributed by atoms with Gasteiger partial charge < -0.3 is 4.13 Å². The number of halogens is 26. The van der Waals surface area contributed by atoms with E-state index in [-0.39, 0.29) is 0 Å². The molecule has 0 amide bonds. The fourth-order valence-electron chi connectivity index (χ4n) is 2.06. The van der Waals surface area contributed by atoms with Gasteiger partial charge in [-0.05, 0) is 0 Å². The second kappa shape index (κ2) is 10.3. The van der Waals surface area contributed by atoms with Gasteiger partial charge in [-0.2, -0.15) is 114 Å². The molecule has 33 heteroatoms. The first-order valence-electron chi connectivity index (χ1n) is 8.85. The van der Waals surface area contributed by atoms with Crippen LogP contribution < -0.4 is 0 Å². The molecule has 0 aromatic rings. The molecule has 0 aromatic carbocycles. The van der Waals surface area contributed by atoms with Crippen molar-refractivity contribution in [3.8, 4) is 0 Å². The van der Waals surface area contributed by atoms with Crippen LogP contribution >= 0.6 is 0 Å². The van der Waals surface area contributed by atoms with Gasteiger partial charge in [-0.25, -0.2) is 16.8 Å². The third-order valence-electron chi connectivity index (χ3n) is 4.65. The van der Waals surface area contributed by atoms with E-state index in [0.29, 0.717) is 0 Å². The standard InChI is InChI=1S/C12F26NO4S2/c13-1(14,5(21,22)9(29,30)31)3(17,18)7(25,26)11(35,36)44(40,41)39-45(42,43)12(37,38)8(27,28)4(19,20)2(15,16)6(23,24)10(32,33)34/q-1. The van der Waals surface area contributed by atoms with Gasteiger partial charge in [0.2, 0.25) is 0 Å². The van der Waals surface area contributed by atoms with Crippen LogP contribution in [0.25, 0.3) is 4.13 Å². The second-order valence-electron chi connectivity index (χ2n) is 7.65. The number of alkyl halides is 26. The van der Waals surface area contributed by atoms with Crippen molar-refractivity contribution in [2.45, 2.75) is 70.2 Å². The molecular formula is C12F26NO4S2-. The normalized spacial score (nSPS) is 17.1. The van der Waals surface area contributed by atoms with Crippen LogP contribution in [-0.2, 0) is 20.0 Å². The first-order valence-corrected chi connectivity index (χ1v) is 11.7. The van der Waals surface area contributed by atoms with E-state index in [1.807, 2.05) is 0 Å². The third-order valence-corrected chi connectivity index (χ3v) is 8.03. The van der Waals surface area contributed by atoms with Crippen LogP contribution in [0.4, 0.5) is 114 Å². The van der Waals surface area contributed by atoms with E-state index in [0.717, 1.165) is 0 Å². The zero-order valence-corrected chi connectivity index (χ0v) is 20.4. The highest BCUT2D eigenvalue weighted by Crippen LogP contribution is 2.64. The van der Waals surface area contributed by atoms with Gasteiger partial charge in [0.05, 0.1) is 0 Å². The third kappa shape index (κ3) is 5.37. The minimum absolute atomic E-state index is 0.462. The molecule has 0 unspecified atom stereocenters. The quantitative estimate of drug-likeness (QED) is 0.193. The zero-order chi connectivity index (χ0) is 37.7. The van der Waals surface area contributed by atoms with Crippen molar-refractivity contribution in [2.75, 3.05) is 0 Å². The predicted octanol–water partition coefficient (Wildman–Crippen LogP) is 7.41. The summed E-state index contributed by atoms with van der Waals surface area (Å²) in [5.41, 5.74) is 0. The lowest BCUT2D eigenvalue weighted by molar-refractivity contribution is -0.433. The summed E-state index contributed by atoms with van der Waals surface area (Å²) in [6.07, 6.45) is -16.3. The van der Waals surface area contributed by atoms with Gasteiger partial charge in [-0.1, -0.05) is 0 Å². The van der Waals surface area contributed by atoms with Crippen molar-refractivity contribution < 1.29 is 131 Å². The van der Waals surface area contributed by atoms with Crippen LogP contribution in [-0.4, -0.2) is 87.1 Å². The molecule has 0 saturated heterocycles. The molecular weight excluding hydrogens is 780 g/mol.